The van der Waals surface area contributed by atoms with E-state index in [4.69, 9.17) is 4.98 Å². The summed E-state index contributed by atoms with van der Waals surface area (Å²) in [6, 6.07) is 5.30. The fourth-order valence-electron chi connectivity index (χ4n) is 2.66. The summed E-state index contributed by atoms with van der Waals surface area (Å²) in [5, 5.41) is 3.51. The number of nitrogens with zero attached hydrogens (tertiary/aromatic N) is 2. The van der Waals surface area contributed by atoms with Gasteiger partial charge in [-0.2, -0.15) is 0 Å². The zero-order chi connectivity index (χ0) is 15.2. The van der Waals surface area contributed by atoms with E-state index in [1.54, 1.807) is 0 Å². The Balaban J connectivity index is 2.21. The first kappa shape index (κ1) is 16.3. The van der Waals surface area contributed by atoms with E-state index in [0.717, 1.165) is 25.7 Å². The summed E-state index contributed by atoms with van der Waals surface area (Å²) in [5.74, 6) is 1.68. The monoisotopic (exact) mass is 289 g/mol. The van der Waals surface area contributed by atoms with Crippen molar-refractivity contribution in [2.24, 2.45) is 0 Å². The molecule has 1 aromatic rings. The van der Waals surface area contributed by atoms with Gasteiger partial charge in [0.2, 0.25) is 0 Å². The van der Waals surface area contributed by atoms with Gasteiger partial charge in [0.05, 0.1) is 0 Å². The van der Waals surface area contributed by atoms with Gasteiger partial charge < -0.3 is 10.2 Å². The van der Waals surface area contributed by atoms with E-state index in [9.17, 15) is 0 Å². The van der Waals surface area contributed by atoms with Crippen molar-refractivity contribution in [3.05, 3.63) is 23.4 Å². The molecule has 0 spiro atoms. The van der Waals surface area contributed by atoms with Gasteiger partial charge in [0.1, 0.15) is 5.82 Å². The zero-order valence-corrected chi connectivity index (χ0v) is 14.2. The second-order valence-electron chi connectivity index (χ2n) is 6.51. The largest absolute Gasteiger partial charge is 0.354 e. The second kappa shape index (κ2) is 7.79. The predicted octanol–water partition coefficient (Wildman–Crippen LogP) is 4.08. The Bertz CT molecular complexity index is 438. The zero-order valence-electron chi connectivity index (χ0n) is 14.2. The Morgan fingerprint density at radius 2 is 2.00 bits per heavy atom. The van der Waals surface area contributed by atoms with Crippen LogP contribution in [-0.2, 0) is 6.54 Å². The van der Waals surface area contributed by atoms with Crippen LogP contribution in [0.15, 0.2) is 12.1 Å². The number of rotatable bonds is 9. The topological polar surface area (TPSA) is 28.2 Å². The van der Waals surface area contributed by atoms with Gasteiger partial charge in [-0.05, 0) is 55.8 Å². The van der Waals surface area contributed by atoms with Crippen LogP contribution in [0.25, 0.3) is 0 Å². The number of aromatic nitrogens is 1. The van der Waals surface area contributed by atoms with E-state index in [-0.39, 0.29) is 0 Å². The average molecular weight is 289 g/mol. The molecule has 1 heterocycles. The highest BCUT2D eigenvalue weighted by Crippen LogP contribution is 2.32. The number of pyridine rings is 1. The van der Waals surface area contributed by atoms with Crippen molar-refractivity contribution in [1.82, 2.24) is 10.3 Å². The molecule has 1 aliphatic rings. The van der Waals surface area contributed by atoms with Crippen molar-refractivity contribution < 1.29 is 0 Å². The summed E-state index contributed by atoms with van der Waals surface area (Å²) in [6.45, 7) is 12.1. The van der Waals surface area contributed by atoms with E-state index in [0.29, 0.717) is 5.92 Å². The smallest absolute Gasteiger partial charge is 0.129 e. The van der Waals surface area contributed by atoms with E-state index in [2.05, 4.69) is 50.0 Å². The number of nitrogens with one attached hydrogen (secondary N) is 1. The Hall–Kier alpha value is -1.09. The highest BCUT2D eigenvalue weighted by Gasteiger charge is 2.29. The lowest BCUT2D eigenvalue weighted by atomic mass is 10.1. The minimum atomic E-state index is 0.484. The third kappa shape index (κ3) is 4.70. The molecule has 3 nitrogen and oxygen atoms in total. The van der Waals surface area contributed by atoms with E-state index < -0.39 is 0 Å². The SMILES string of the molecule is CCCNCc1cc(C(C)C)nc(N(CCC)C2CC2)c1. The molecule has 0 aromatic carbocycles. The fraction of sp³-hybridized carbons (Fsp3) is 0.722. The van der Waals surface area contributed by atoms with Crippen LogP contribution in [0.5, 0.6) is 0 Å². The van der Waals surface area contributed by atoms with Gasteiger partial charge in [0, 0.05) is 24.8 Å². The Morgan fingerprint density at radius 1 is 1.24 bits per heavy atom. The first-order valence-electron chi connectivity index (χ1n) is 8.63. The van der Waals surface area contributed by atoms with Crippen LogP contribution >= 0.6 is 0 Å². The molecular weight excluding hydrogens is 258 g/mol. The molecule has 2 rings (SSSR count). The van der Waals surface area contributed by atoms with Crippen molar-refractivity contribution in [3.8, 4) is 0 Å². The first-order valence-corrected chi connectivity index (χ1v) is 8.63. The molecule has 0 amide bonds. The second-order valence-corrected chi connectivity index (χ2v) is 6.51. The molecule has 0 saturated heterocycles. The van der Waals surface area contributed by atoms with Gasteiger partial charge in [-0.25, -0.2) is 4.98 Å². The van der Waals surface area contributed by atoms with Crippen LogP contribution in [0.2, 0.25) is 0 Å². The summed E-state index contributed by atoms with van der Waals surface area (Å²) in [7, 11) is 0. The molecule has 0 radical (unpaired) electrons. The van der Waals surface area contributed by atoms with Crippen LogP contribution in [0, 0.1) is 0 Å². The molecule has 21 heavy (non-hydrogen) atoms. The molecule has 1 N–H and O–H groups in total. The molecule has 118 valence electrons. The van der Waals surface area contributed by atoms with E-state index in [1.165, 1.54) is 42.8 Å². The average Bonchev–Trinajstić information content (AvgIpc) is 3.29. The molecule has 0 bridgehead atoms. The number of hydrogen-bond donors (Lipinski definition) is 1. The molecule has 1 aromatic heterocycles. The maximum atomic E-state index is 4.94. The highest BCUT2D eigenvalue weighted by atomic mass is 15.2. The third-order valence-corrected chi connectivity index (χ3v) is 3.99. The van der Waals surface area contributed by atoms with Crippen molar-refractivity contribution >= 4 is 5.82 Å². The number of anilines is 1. The Morgan fingerprint density at radius 3 is 2.57 bits per heavy atom. The van der Waals surface area contributed by atoms with Crippen molar-refractivity contribution in [2.75, 3.05) is 18.0 Å². The molecule has 1 fully saturated rings. The van der Waals surface area contributed by atoms with Gasteiger partial charge >= 0.3 is 0 Å². The van der Waals surface area contributed by atoms with E-state index >= 15 is 0 Å². The standard InChI is InChI=1S/C18H31N3/c1-5-9-19-13-15-11-17(14(3)4)20-18(12-15)21(10-6-2)16-7-8-16/h11-12,14,16,19H,5-10,13H2,1-4H3. The lowest BCUT2D eigenvalue weighted by Gasteiger charge is -2.25. The molecule has 0 unspecified atom stereocenters. The molecule has 1 saturated carbocycles. The molecule has 3 heteroatoms. The lowest BCUT2D eigenvalue weighted by molar-refractivity contribution is 0.670. The minimum absolute atomic E-state index is 0.484. The normalized spacial score (nSPS) is 14.7. The third-order valence-electron chi connectivity index (χ3n) is 3.99. The van der Waals surface area contributed by atoms with Crippen LogP contribution in [-0.4, -0.2) is 24.1 Å². The summed E-state index contributed by atoms with van der Waals surface area (Å²) in [4.78, 5) is 7.46. The Labute approximate surface area is 130 Å². The van der Waals surface area contributed by atoms with E-state index in [1.807, 2.05) is 0 Å². The quantitative estimate of drug-likeness (QED) is 0.694. The molecule has 0 atom stereocenters. The van der Waals surface area contributed by atoms with Gasteiger partial charge in [-0.1, -0.05) is 27.7 Å². The Kier molecular flexibility index (Phi) is 6.04. The van der Waals surface area contributed by atoms with Crippen LogP contribution in [0.1, 0.15) is 70.6 Å². The maximum absolute atomic E-state index is 4.94. The predicted molar refractivity (Wildman–Crippen MR) is 91.0 cm³/mol. The van der Waals surface area contributed by atoms with Crippen molar-refractivity contribution in [1.29, 1.82) is 0 Å². The van der Waals surface area contributed by atoms with Crippen molar-refractivity contribution in [2.45, 2.75) is 71.9 Å². The van der Waals surface area contributed by atoms with Gasteiger partial charge in [-0.3, -0.25) is 0 Å². The summed E-state index contributed by atoms with van der Waals surface area (Å²) < 4.78 is 0. The van der Waals surface area contributed by atoms with Crippen LogP contribution in [0.4, 0.5) is 5.82 Å². The van der Waals surface area contributed by atoms with Crippen molar-refractivity contribution in [3.63, 3.8) is 0 Å². The summed E-state index contributed by atoms with van der Waals surface area (Å²) in [6.07, 6.45) is 5.03. The fourth-order valence-corrected chi connectivity index (χ4v) is 2.66. The minimum Gasteiger partial charge on any atom is -0.354 e. The first-order chi connectivity index (χ1) is 10.2. The summed E-state index contributed by atoms with van der Waals surface area (Å²) >= 11 is 0. The maximum Gasteiger partial charge on any atom is 0.129 e. The highest BCUT2D eigenvalue weighted by molar-refractivity contribution is 5.45. The molecule has 0 aliphatic heterocycles. The van der Waals surface area contributed by atoms with Gasteiger partial charge in [0.15, 0.2) is 0 Å². The molecule has 1 aliphatic carbocycles. The molecular formula is C18H31N3. The number of hydrogen-bond acceptors (Lipinski definition) is 3. The summed E-state index contributed by atoms with van der Waals surface area (Å²) in [5.41, 5.74) is 2.60. The van der Waals surface area contributed by atoms with Crippen LogP contribution in [0.3, 0.4) is 0 Å². The van der Waals surface area contributed by atoms with Crippen LogP contribution < -0.4 is 10.2 Å². The van der Waals surface area contributed by atoms with Gasteiger partial charge in [0.25, 0.3) is 0 Å². The van der Waals surface area contributed by atoms with Gasteiger partial charge in [-0.15, -0.1) is 0 Å². The lowest BCUT2D eigenvalue weighted by Crippen LogP contribution is -2.28.